The first-order chi connectivity index (χ1) is 17.0. The Kier molecular flexibility index (Phi) is 5.44. The first-order valence-corrected chi connectivity index (χ1v) is 12.7. The zero-order valence-corrected chi connectivity index (χ0v) is 20.8. The van der Waals surface area contributed by atoms with E-state index in [4.69, 9.17) is 4.98 Å². The average molecular weight is 468 g/mol. The lowest BCUT2D eigenvalue weighted by molar-refractivity contribution is 0.137. The summed E-state index contributed by atoms with van der Waals surface area (Å²) in [5.74, 6) is 1.83. The zero-order chi connectivity index (χ0) is 24.1. The number of piperazine rings is 1. The molecule has 5 heterocycles. The Hall–Kier alpha value is -3.45. The van der Waals surface area contributed by atoms with Crippen LogP contribution in [0.15, 0.2) is 67.1 Å². The Balaban J connectivity index is 1.33. The van der Waals surface area contributed by atoms with Crippen LogP contribution in [0.4, 0.5) is 11.8 Å². The number of imidazole rings is 1. The molecule has 0 aliphatic carbocycles. The summed E-state index contributed by atoms with van der Waals surface area (Å²) in [5, 5.41) is 3.54. The molecule has 2 bridgehead atoms. The molecule has 7 heteroatoms. The summed E-state index contributed by atoms with van der Waals surface area (Å²) in [7, 11) is 0. The van der Waals surface area contributed by atoms with Crippen molar-refractivity contribution in [2.75, 3.05) is 16.8 Å². The van der Waals surface area contributed by atoms with Gasteiger partial charge in [0.15, 0.2) is 0 Å². The predicted octanol–water partition coefficient (Wildman–Crippen LogP) is 5.02. The number of pyridine rings is 1. The molecule has 2 aliphatic heterocycles. The smallest absolute Gasteiger partial charge is 0.212 e. The van der Waals surface area contributed by atoms with Crippen LogP contribution < -0.4 is 10.2 Å². The summed E-state index contributed by atoms with van der Waals surface area (Å²) < 4.78 is 2.13. The fourth-order valence-corrected chi connectivity index (χ4v) is 6.14. The maximum atomic E-state index is 5.20. The van der Waals surface area contributed by atoms with Gasteiger partial charge in [-0.15, -0.1) is 0 Å². The van der Waals surface area contributed by atoms with Crippen molar-refractivity contribution in [3.8, 4) is 11.3 Å². The first kappa shape index (κ1) is 22.0. The van der Waals surface area contributed by atoms with Gasteiger partial charge >= 0.3 is 0 Å². The average Bonchev–Trinajstić information content (AvgIpc) is 3.58. The Labute approximate surface area is 206 Å². The molecule has 2 saturated heterocycles. The van der Waals surface area contributed by atoms with E-state index in [9.17, 15) is 0 Å². The molecular weight excluding hydrogens is 434 g/mol. The Bertz CT molecular complexity index is 1330. The third kappa shape index (κ3) is 3.84. The van der Waals surface area contributed by atoms with Crippen LogP contribution in [0.2, 0.25) is 0 Å². The maximum Gasteiger partial charge on any atom is 0.212 e. The Morgan fingerprint density at radius 2 is 1.83 bits per heavy atom. The summed E-state index contributed by atoms with van der Waals surface area (Å²) in [6.07, 6.45) is 6.94. The lowest BCUT2D eigenvalue weighted by atomic mass is 10.1. The highest BCUT2D eigenvalue weighted by Crippen LogP contribution is 2.40. The predicted molar refractivity (Wildman–Crippen MR) is 141 cm³/mol. The summed E-state index contributed by atoms with van der Waals surface area (Å²) in [4.78, 5) is 19.6. The van der Waals surface area contributed by atoms with E-state index >= 15 is 0 Å². The molecule has 180 valence electrons. The van der Waals surface area contributed by atoms with Crippen molar-refractivity contribution in [3.63, 3.8) is 0 Å². The first-order valence-electron chi connectivity index (χ1n) is 12.7. The third-order valence-electron chi connectivity index (χ3n) is 7.71. The molecule has 3 aromatic heterocycles. The van der Waals surface area contributed by atoms with Crippen molar-refractivity contribution in [2.45, 2.75) is 64.3 Å². The van der Waals surface area contributed by atoms with Crippen LogP contribution in [-0.2, 0) is 0 Å². The minimum absolute atomic E-state index is 0.155. The molecule has 2 aliphatic rings. The summed E-state index contributed by atoms with van der Waals surface area (Å²) in [6, 6.07) is 18.9. The molecule has 7 nitrogen and oxygen atoms in total. The highest BCUT2D eigenvalue weighted by molar-refractivity contribution is 5.69. The highest BCUT2D eigenvalue weighted by atomic mass is 15.4. The van der Waals surface area contributed by atoms with E-state index in [2.05, 4.69) is 93.6 Å². The van der Waals surface area contributed by atoms with Crippen LogP contribution >= 0.6 is 0 Å². The second-order valence-electron chi connectivity index (χ2n) is 10.2. The summed E-state index contributed by atoms with van der Waals surface area (Å²) in [6.45, 7) is 10.1. The lowest BCUT2D eigenvalue weighted by Gasteiger charge is -2.42. The van der Waals surface area contributed by atoms with Crippen LogP contribution in [0.5, 0.6) is 0 Å². The van der Waals surface area contributed by atoms with E-state index in [1.807, 2.05) is 30.7 Å². The minimum atomic E-state index is 0.155. The van der Waals surface area contributed by atoms with Gasteiger partial charge in [0.2, 0.25) is 5.95 Å². The number of benzene rings is 1. The van der Waals surface area contributed by atoms with E-state index in [1.165, 1.54) is 12.0 Å². The van der Waals surface area contributed by atoms with Crippen molar-refractivity contribution in [1.29, 1.82) is 0 Å². The fraction of sp³-hybridized carbons (Fsp3) is 0.393. The molecule has 0 radical (unpaired) electrons. The number of likely N-dealkylation sites (tertiary alicyclic amines) is 1. The van der Waals surface area contributed by atoms with Crippen molar-refractivity contribution in [3.05, 3.63) is 72.7 Å². The van der Waals surface area contributed by atoms with Gasteiger partial charge in [0.05, 0.1) is 5.69 Å². The number of hydrogen-bond donors (Lipinski definition) is 1. The molecule has 4 atom stereocenters. The number of hydrogen-bond acceptors (Lipinski definition) is 6. The molecule has 2 fully saturated rings. The molecule has 35 heavy (non-hydrogen) atoms. The molecular formula is C28H33N7. The van der Waals surface area contributed by atoms with E-state index in [1.54, 1.807) is 0 Å². The van der Waals surface area contributed by atoms with E-state index in [-0.39, 0.29) is 6.04 Å². The number of aromatic nitrogens is 4. The Morgan fingerprint density at radius 3 is 2.60 bits per heavy atom. The van der Waals surface area contributed by atoms with Crippen LogP contribution in [0.1, 0.15) is 45.7 Å². The number of rotatable bonds is 6. The van der Waals surface area contributed by atoms with Crippen LogP contribution in [0.3, 0.4) is 0 Å². The van der Waals surface area contributed by atoms with Gasteiger partial charge in [-0.25, -0.2) is 15.0 Å². The van der Waals surface area contributed by atoms with Crippen LogP contribution in [0.25, 0.3) is 16.9 Å². The fourth-order valence-electron chi connectivity index (χ4n) is 6.14. The molecule has 1 aromatic carbocycles. The monoisotopic (exact) mass is 467 g/mol. The molecule has 3 unspecified atom stereocenters. The number of nitrogens with one attached hydrogen (secondary N) is 1. The van der Waals surface area contributed by atoms with Gasteiger partial charge in [-0.1, -0.05) is 30.3 Å². The second-order valence-corrected chi connectivity index (χ2v) is 10.2. The van der Waals surface area contributed by atoms with Crippen molar-refractivity contribution < 1.29 is 0 Å². The number of anilines is 2. The van der Waals surface area contributed by atoms with Crippen molar-refractivity contribution in [1.82, 2.24) is 24.3 Å². The molecule has 0 saturated carbocycles. The van der Waals surface area contributed by atoms with E-state index in [0.29, 0.717) is 24.2 Å². The maximum absolute atomic E-state index is 5.20. The standard InChI is InChI=1S/C28H33N7/c1-18(2)35-20(4)25-15-23(35)17-34(25)28-32-24(16-27-30-12-13-33(27)28)22-10-11-29-26(14-22)31-19(3)21-8-6-5-7-9-21/h5-14,16,18-20,23,25H,15,17H2,1-4H3,(H,29,31)/t19-,20?,23?,25?/m0/s1. The molecule has 4 aromatic rings. The third-order valence-corrected chi connectivity index (χ3v) is 7.71. The SMILES string of the molecule is CC(C)N1C2CC(C1C)N(c1nc(-c3ccnc(N[C@@H](C)c4ccccc4)c3)cc3nccn13)C2. The van der Waals surface area contributed by atoms with Gasteiger partial charge in [0.25, 0.3) is 0 Å². The van der Waals surface area contributed by atoms with Crippen molar-refractivity contribution in [2.24, 2.45) is 0 Å². The molecule has 1 N–H and O–H groups in total. The molecule has 0 spiro atoms. The normalized spacial score (nSPS) is 22.9. The quantitative estimate of drug-likeness (QED) is 0.429. The van der Waals surface area contributed by atoms with Crippen LogP contribution in [0, 0.1) is 0 Å². The zero-order valence-electron chi connectivity index (χ0n) is 20.8. The van der Waals surface area contributed by atoms with Gasteiger partial charge in [0, 0.05) is 67.0 Å². The molecule has 0 amide bonds. The van der Waals surface area contributed by atoms with E-state index in [0.717, 1.165) is 35.2 Å². The highest BCUT2D eigenvalue weighted by Gasteiger charge is 2.50. The molecule has 6 rings (SSSR count). The van der Waals surface area contributed by atoms with E-state index < -0.39 is 0 Å². The van der Waals surface area contributed by atoms with Gasteiger partial charge in [-0.2, -0.15) is 0 Å². The van der Waals surface area contributed by atoms with Gasteiger partial charge < -0.3 is 10.2 Å². The largest absolute Gasteiger partial charge is 0.364 e. The topological polar surface area (TPSA) is 61.6 Å². The van der Waals surface area contributed by atoms with Gasteiger partial charge in [-0.05, 0) is 51.8 Å². The Morgan fingerprint density at radius 1 is 1.00 bits per heavy atom. The van der Waals surface area contributed by atoms with Gasteiger partial charge in [0.1, 0.15) is 11.5 Å². The van der Waals surface area contributed by atoms with Gasteiger partial charge in [-0.3, -0.25) is 9.30 Å². The number of nitrogens with zero attached hydrogens (tertiary/aromatic N) is 6. The minimum Gasteiger partial charge on any atom is -0.364 e. The van der Waals surface area contributed by atoms with Crippen molar-refractivity contribution >= 4 is 17.4 Å². The summed E-state index contributed by atoms with van der Waals surface area (Å²) in [5.41, 5.74) is 4.11. The van der Waals surface area contributed by atoms with Crippen LogP contribution in [-0.4, -0.2) is 55.0 Å². The lowest BCUT2D eigenvalue weighted by Crippen LogP contribution is -2.54. The number of fused-ring (bicyclic) bond motifs is 3. The second kappa shape index (κ2) is 8.64. The summed E-state index contributed by atoms with van der Waals surface area (Å²) >= 11 is 0.